The molecular formula is C44H36N2. The Labute approximate surface area is 271 Å². The third kappa shape index (κ3) is 4.74. The Morgan fingerprint density at radius 1 is 0.326 bits per heavy atom. The van der Waals surface area contributed by atoms with E-state index in [9.17, 15) is 0 Å². The van der Waals surface area contributed by atoms with Crippen LogP contribution >= 0.6 is 0 Å². The van der Waals surface area contributed by atoms with Crippen LogP contribution in [0, 0.1) is 27.7 Å². The highest BCUT2D eigenvalue weighted by molar-refractivity contribution is 6.19. The minimum Gasteiger partial charge on any atom is -0.310 e. The Morgan fingerprint density at radius 3 is 1.28 bits per heavy atom. The zero-order valence-corrected chi connectivity index (χ0v) is 26.8. The lowest BCUT2D eigenvalue weighted by Crippen LogP contribution is -2.11. The maximum absolute atomic E-state index is 2.41. The molecule has 0 fully saturated rings. The summed E-state index contributed by atoms with van der Waals surface area (Å²) < 4.78 is 0. The highest BCUT2D eigenvalue weighted by Gasteiger charge is 2.26. The number of aryl methyl sites for hydroxylation is 4. The molecule has 46 heavy (non-hydrogen) atoms. The fraction of sp³-hybridized carbons (Fsp3) is 0.0909. The summed E-state index contributed by atoms with van der Waals surface area (Å²) in [6.07, 6.45) is 0. The third-order valence-corrected chi connectivity index (χ3v) is 9.14. The van der Waals surface area contributed by atoms with E-state index in [1.165, 1.54) is 61.0 Å². The molecule has 0 saturated heterocycles. The number of fused-ring (bicyclic) bond motifs is 3. The number of rotatable bonds is 6. The Bertz CT molecular complexity index is 2190. The summed E-state index contributed by atoms with van der Waals surface area (Å²) in [4.78, 5) is 4.79. The van der Waals surface area contributed by atoms with Crippen LogP contribution in [0.2, 0.25) is 0 Å². The van der Waals surface area contributed by atoms with Crippen molar-refractivity contribution < 1.29 is 0 Å². The van der Waals surface area contributed by atoms with Crippen molar-refractivity contribution in [2.45, 2.75) is 27.7 Å². The first-order chi connectivity index (χ1) is 22.4. The van der Waals surface area contributed by atoms with Crippen molar-refractivity contribution in [2.24, 2.45) is 0 Å². The molecule has 0 aromatic heterocycles. The molecule has 0 bridgehead atoms. The lowest BCUT2D eigenvalue weighted by Gasteiger charge is -2.28. The number of nitrogens with zero attached hydrogens (tertiary/aromatic N) is 2. The van der Waals surface area contributed by atoms with E-state index < -0.39 is 0 Å². The van der Waals surface area contributed by atoms with Gasteiger partial charge in [-0.15, -0.1) is 0 Å². The van der Waals surface area contributed by atoms with Crippen molar-refractivity contribution in [3.8, 4) is 22.3 Å². The molecule has 2 nitrogen and oxygen atoms in total. The van der Waals surface area contributed by atoms with Crippen molar-refractivity contribution in [3.63, 3.8) is 0 Å². The van der Waals surface area contributed by atoms with E-state index >= 15 is 0 Å². The standard InChI is InChI=1S/C44H36N2/c1-29-10-5-14-33(24-29)45(34-15-6-11-30(2)25-34)37-20-21-38-39-18-9-19-41-43(23-22-40(44(39)41)42(38)28-37)46(35-16-7-12-31(3)26-35)36-17-8-13-32(4)27-36/h5-28H,1-4H3. The molecule has 7 aromatic carbocycles. The molecule has 0 atom stereocenters. The fourth-order valence-electron chi connectivity index (χ4n) is 7.11. The van der Waals surface area contributed by atoms with Gasteiger partial charge in [0.05, 0.1) is 5.69 Å². The number of anilines is 6. The Morgan fingerprint density at radius 2 is 0.761 bits per heavy atom. The second-order valence-electron chi connectivity index (χ2n) is 12.6. The predicted octanol–water partition coefficient (Wildman–Crippen LogP) is 12.7. The fourth-order valence-corrected chi connectivity index (χ4v) is 7.11. The van der Waals surface area contributed by atoms with Gasteiger partial charge in [0, 0.05) is 33.8 Å². The van der Waals surface area contributed by atoms with Gasteiger partial charge in [-0.3, -0.25) is 0 Å². The predicted molar refractivity (Wildman–Crippen MR) is 197 cm³/mol. The van der Waals surface area contributed by atoms with Crippen LogP contribution in [-0.4, -0.2) is 0 Å². The summed E-state index contributed by atoms with van der Waals surface area (Å²) in [5, 5.41) is 2.57. The van der Waals surface area contributed by atoms with Crippen molar-refractivity contribution in [3.05, 3.63) is 168 Å². The number of benzene rings is 7. The molecular weight excluding hydrogens is 556 g/mol. The number of hydrogen-bond donors (Lipinski definition) is 0. The molecule has 1 aliphatic carbocycles. The van der Waals surface area contributed by atoms with Crippen LogP contribution in [0.3, 0.4) is 0 Å². The maximum atomic E-state index is 2.41. The normalized spacial score (nSPS) is 11.5. The van der Waals surface area contributed by atoms with Crippen LogP contribution in [0.25, 0.3) is 33.0 Å². The molecule has 0 N–H and O–H groups in total. The monoisotopic (exact) mass is 592 g/mol. The second kappa shape index (κ2) is 11.1. The molecule has 0 saturated carbocycles. The van der Waals surface area contributed by atoms with Crippen molar-refractivity contribution in [1.29, 1.82) is 0 Å². The van der Waals surface area contributed by atoms with Gasteiger partial charge in [-0.05, 0) is 144 Å². The van der Waals surface area contributed by atoms with Gasteiger partial charge in [0.1, 0.15) is 0 Å². The topological polar surface area (TPSA) is 6.48 Å². The van der Waals surface area contributed by atoms with E-state index in [-0.39, 0.29) is 0 Å². The molecule has 0 aliphatic heterocycles. The zero-order valence-electron chi connectivity index (χ0n) is 26.8. The molecule has 8 rings (SSSR count). The molecule has 2 heteroatoms. The van der Waals surface area contributed by atoms with Gasteiger partial charge in [0.25, 0.3) is 0 Å². The van der Waals surface area contributed by atoms with Gasteiger partial charge < -0.3 is 9.80 Å². The summed E-state index contributed by atoms with van der Waals surface area (Å²) in [5.41, 5.74) is 17.1. The second-order valence-corrected chi connectivity index (χ2v) is 12.6. The van der Waals surface area contributed by atoms with Gasteiger partial charge in [-0.25, -0.2) is 0 Å². The zero-order chi connectivity index (χ0) is 31.4. The largest absolute Gasteiger partial charge is 0.310 e. The number of hydrogen-bond acceptors (Lipinski definition) is 2. The molecule has 7 aromatic rings. The highest BCUT2D eigenvalue weighted by atomic mass is 15.1. The first-order valence-electron chi connectivity index (χ1n) is 16.0. The summed E-state index contributed by atoms with van der Waals surface area (Å²) >= 11 is 0. The van der Waals surface area contributed by atoms with Gasteiger partial charge in [-0.1, -0.05) is 78.9 Å². The van der Waals surface area contributed by atoms with Crippen molar-refractivity contribution in [2.75, 3.05) is 9.80 Å². The van der Waals surface area contributed by atoms with E-state index in [1.807, 2.05) is 0 Å². The molecule has 0 spiro atoms. The maximum Gasteiger partial charge on any atom is 0.0540 e. The van der Waals surface area contributed by atoms with E-state index in [4.69, 9.17) is 0 Å². The van der Waals surface area contributed by atoms with Crippen LogP contribution in [0.15, 0.2) is 146 Å². The van der Waals surface area contributed by atoms with Gasteiger partial charge >= 0.3 is 0 Å². The molecule has 0 amide bonds. The molecule has 0 unspecified atom stereocenters. The summed E-state index contributed by atoms with van der Waals surface area (Å²) in [7, 11) is 0. The van der Waals surface area contributed by atoms with Gasteiger partial charge in [0.2, 0.25) is 0 Å². The Hall–Kier alpha value is -5.60. The Balaban J connectivity index is 1.32. The van der Waals surface area contributed by atoms with E-state index in [0.717, 1.165) is 28.4 Å². The Kier molecular flexibility index (Phi) is 6.73. The smallest absolute Gasteiger partial charge is 0.0540 e. The third-order valence-electron chi connectivity index (χ3n) is 9.14. The first-order valence-corrected chi connectivity index (χ1v) is 16.0. The molecule has 222 valence electrons. The highest BCUT2D eigenvalue weighted by Crippen LogP contribution is 2.52. The van der Waals surface area contributed by atoms with Gasteiger partial charge in [0.15, 0.2) is 0 Å². The van der Waals surface area contributed by atoms with Crippen LogP contribution in [-0.2, 0) is 0 Å². The van der Waals surface area contributed by atoms with E-state index in [0.29, 0.717) is 0 Å². The summed E-state index contributed by atoms with van der Waals surface area (Å²) in [5.74, 6) is 0. The van der Waals surface area contributed by atoms with Crippen LogP contribution in [0.1, 0.15) is 22.3 Å². The molecule has 1 aliphatic rings. The lowest BCUT2D eigenvalue weighted by molar-refractivity contribution is 1.26. The first kappa shape index (κ1) is 27.9. The van der Waals surface area contributed by atoms with E-state index in [1.54, 1.807) is 0 Å². The van der Waals surface area contributed by atoms with Crippen molar-refractivity contribution in [1.82, 2.24) is 0 Å². The van der Waals surface area contributed by atoms with Crippen LogP contribution < -0.4 is 9.80 Å². The SMILES string of the molecule is Cc1cccc(N(c2cccc(C)c2)c2ccc3c(c2)-c2ccc(N(c4cccc(C)c4)c4cccc(C)c4)c4cccc-3c24)c1. The van der Waals surface area contributed by atoms with Gasteiger partial charge in [-0.2, -0.15) is 0 Å². The minimum absolute atomic E-state index is 1.15. The van der Waals surface area contributed by atoms with Crippen molar-refractivity contribution >= 4 is 44.9 Å². The summed E-state index contributed by atoms with van der Waals surface area (Å²) in [6, 6.07) is 53.6. The quantitative estimate of drug-likeness (QED) is 0.189. The average molecular weight is 593 g/mol. The van der Waals surface area contributed by atoms with Crippen LogP contribution in [0.4, 0.5) is 34.1 Å². The lowest BCUT2D eigenvalue weighted by atomic mass is 10.00. The molecule has 0 heterocycles. The minimum atomic E-state index is 1.15. The molecule has 0 radical (unpaired) electrons. The summed E-state index contributed by atoms with van der Waals surface area (Å²) in [6.45, 7) is 8.64. The average Bonchev–Trinajstić information content (AvgIpc) is 3.37. The van der Waals surface area contributed by atoms with E-state index in [2.05, 4.69) is 183 Å². The van der Waals surface area contributed by atoms with Crippen LogP contribution in [0.5, 0.6) is 0 Å².